The summed E-state index contributed by atoms with van der Waals surface area (Å²) >= 11 is 1.52. The van der Waals surface area contributed by atoms with Crippen LogP contribution >= 0.6 is 11.3 Å². The van der Waals surface area contributed by atoms with E-state index in [0.29, 0.717) is 5.92 Å². The number of hydrogen-bond donors (Lipinski definition) is 0. The molecule has 2 heterocycles. The summed E-state index contributed by atoms with van der Waals surface area (Å²) in [5, 5.41) is 0.958. The smallest absolute Gasteiger partial charge is 0.190 e. The van der Waals surface area contributed by atoms with E-state index in [9.17, 15) is 4.79 Å². The molecule has 0 saturated carbocycles. The highest BCUT2D eigenvalue weighted by molar-refractivity contribution is 7.17. The van der Waals surface area contributed by atoms with Crippen molar-refractivity contribution in [3.63, 3.8) is 0 Å². The number of benzene rings is 1. The number of nitrogens with zero attached hydrogens (tertiary/aromatic N) is 2. The van der Waals surface area contributed by atoms with Crippen molar-refractivity contribution in [2.75, 3.05) is 11.4 Å². The zero-order chi connectivity index (χ0) is 14.8. The molecule has 1 unspecified atom stereocenters. The van der Waals surface area contributed by atoms with Crippen LogP contribution in [0.3, 0.4) is 0 Å². The number of hydrogen-bond acceptors (Lipinski definition) is 4. The molecule has 0 saturated heterocycles. The molecule has 3 nitrogen and oxygen atoms in total. The van der Waals surface area contributed by atoms with Gasteiger partial charge in [-0.2, -0.15) is 0 Å². The van der Waals surface area contributed by atoms with Crippen LogP contribution in [-0.4, -0.2) is 17.8 Å². The summed E-state index contributed by atoms with van der Waals surface area (Å²) in [7, 11) is 0. The summed E-state index contributed by atoms with van der Waals surface area (Å²) in [6.45, 7) is 5.24. The van der Waals surface area contributed by atoms with E-state index in [1.54, 1.807) is 0 Å². The van der Waals surface area contributed by atoms with Gasteiger partial charge in [0.25, 0.3) is 0 Å². The van der Waals surface area contributed by atoms with Gasteiger partial charge in [-0.1, -0.05) is 43.4 Å². The molecule has 0 amide bonds. The Balaban J connectivity index is 2.02. The maximum Gasteiger partial charge on any atom is 0.190 e. The van der Waals surface area contributed by atoms with Gasteiger partial charge in [0.2, 0.25) is 0 Å². The summed E-state index contributed by atoms with van der Waals surface area (Å²) in [5.41, 5.74) is 3.57. The van der Waals surface area contributed by atoms with Gasteiger partial charge in [0, 0.05) is 12.2 Å². The van der Waals surface area contributed by atoms with Crippen molar-refractivity contribution in [1.29, 1.82) is 0 Å². The summed E-state index contributed by atoms with van der Waals surface area (Å²) in [4.78, 5) is 19.2. The Morgan fingerprint density at radius 1 is 1.43 bits per heavy atom. The van der Waals surface area contributed by atoms with E-state index in [2.05, 4.69) is 43.0 Å². The molecule has 1 atom stereocenters. The zero-order valence-corrected chi connectivity index (χ0v) is 13.3. The largest absolute Gasteiger partial charge is 0.318 e. The third kappa shape index (κ3) is 2.60. The number of rotatable bonds is 4. The van der Waals surface area contributed by atoms with Gasteiger partial charge in [0.1, 0.15) is 0 Å². The third-order valence-electron chi connectivity index (χ3n) is 4.20. The second kappa shape index (κ2) is 5.98. The van der Waals surface area contributed by atoms with Crippen molar-refractivity contribution in [3.8, 4) is 0 Å². The first-order valence-electron chi connectivity index (χ1n) is 7.56. The molecule has 110 valence electrons. The topological polar surface area (TPSA) is 33.2 Å². The number of aryl methyl sites for hydroxylation is 1. The van der Waals surface area contributed by atoms with E-state index in [1.165, 1.54) is 22.6 Å². The van der Waals surface area contributed by atoms with Crippen LogP contribution in [0, 0.1) is 0 Å². The molecular weight excluding hydrogens is 280 g/mol. The maximum atomic E-state index is 11.3. The predicted octanol–water partition coefficient (Wildman–Crippen LogP) is 4.55. The van der Waals surface area contributed by atoms with Crippen molar-refractivity contribution in [3.05, 3.63) is 40.4 Å². The summed E-state index contributed by atoms with van der Waals surface area (Å²) in [5.74, 6) is 0.329. The number of thiazole rings is 1. The first-order chi connectivity index (χ1) is 10.2. The number of aldehydes is 1. The lowest BCUT2D eigenvalue weighted by atomic mass is 10.0. The Labute approximate surface area is 129 Å². The van der Waals surface area contributed by atoms with Crippen molar-refractivity contribution in [2.24, 2.45) is 0 Å². The molecule has 2 aromatic rings. The maximum absolute atomic E-state index is 11.3. The number of fused-ring (bicyclic) bond motifs is 1. The fraction of sp³-hybridized carbons (Fsp3) is 0.412. The molecule has 1 aliphatic heterocycles. The fourth-order valence-electron chi connectivity index (χ4n) is 2.81. The van der Waals surface area contributed by atoms with Crippen molar-refractivity contribution < 1.29 is 4.79 Å². The van der Waals surface area contributed by atoms with Gasteiger partial charge in [-0.05, 0) is 36.8 Å². The van der Waals surface area contributed by atoms with Crippen LogP contribution in [-0.2, 0) is 6.42 Å². The SMILES string of the molecule is CCC(C)c1nc(N2CCCc3ccccc32)sc1C=O. The molecule has 1 aromatic heterocycles. The molecule has 0 fully saturated rings. The lowest BCUT2D eigenvalue weighted by Gasteiger charge is -2.29. The quantitative estimate of drug-likeness (QED) is 0.776. The van der Waals surface area contributed by atoms with E-state index < -0.39 is 0 Å². The van der Waals surface area contributed by atoms with Gasteiger partial charge in [0.15, 0.2) is 11.4 Å². The zero-order valence-electron chi connectivity index (χ0n) is 12.5. The normalized spacial score (nSPS) is 15.6. The van der Waals surface area contributed by atoms with E-state index in [0.717, 1.165) is 47.8 Å². The highest BCUT2D eigenvalue weighted by Gasteiger charge is 2.23. The van der Waals surface area contributed by atoms with E-state index in [1.807, 2.05) is 0 Å². The van der Waals surface area contributed by atoms with Crippen LogP contribution in [0.4, 0.5) is 10.8 Å². The first kappa shape index (κ1) is 14.3. The van der Waals surface area contributed by atoms with Crippen LogP contribution in [0.2, 0.25) is 0 Å². The molecule has 1 aromatic carbocycles. The average molecular weight is 300 g/mol. The number of para-hydroxylation sites is 1. The van der Waals surface area contributed by atoms with Crippen LogP contribution in [0.1, 0.15) is 53.5 Å². The standard InChI is InChI=1S/C17H20N2OS/c1-3-12(2)16-15(11-20)21-17(18-16)19-10-6-8-13-7-4-5-9-14(13)19/h4-5,7,9,11-12H,3,6,8,10H2,1-2H3. The Hall–Kier alpha value is -1.68. The van der Waals surface area contributed by atoms with Crippen LogP contribution in [0.5, 0.6) is 0 Å². The second-order valence-electron chi connectivity index (χ2n) is 5.56. The van der Waals surface area contributed by atoms with Crippen molar-refractivity contribution in [2.45, 2.75) is 39.0 Å². The van der Waals surface area contributed by atoms with E-state index >= 15 is 0 Å². The van der Waals surface area contributed by atoms with Crippen molar-refractivity contribution >= 4 is 28.4 Å². The molecule has 4 heteroatoms. The number of carbonyl (C=O) groups excluding carboxylic acids is 1. The predicted molar refractivity (Wildman–Crippen MR) is 88.0 cm³/mol. The van der Waals surface area contributed by atoms with Crippen LogP contribution in [0.25, 0.3) is 0 Å². The minimum atomic E-state index is 0.329. The second-order valence-corrected chi connectivity index (χ2v) is 6.57. The molecule has 0 N–H and O–H groups in total. The number of aromatic nitrogens is 1. The average Bonchev–Trinajstić information content (AvgIpc) is 2.97. The van der Waals surface area contributed by atoms with E-state index in [-0.39, 0.29) is 0 Å². The van der Waals surface area contributed by atoms with Gasteiger partial charge >= 0.3 is 0 Å². The van der Waals surface area contributed by atoms with E-state index in [4.69, 9.17) is 4.98 Å². The third-order valence-corrected chi connectivity index (χ3v) is 5.22. The van der Waals surface area contributed by atoms with Gasteiger partial charge in [-0.3, -0.25) is 4.79 Å². The number of anilines is 2. The molecule has 0 spiro atoms. The minimum absolute atomic E-state index is 0.329. The lowest BCUT2D eigenvalue weighted by Crippen LogP contribution is -2.24. The fourth-order valence-corrected chi connectivity index (χ4v) is 3.85. The Morgan fingerprint density at radius 3 is 3.00 bits per heavy atom. The van der Waals surface area contributed by atoms with Crippen LogP contribution < -0.4 is 4.90 Å². The Bertz CT molecular complexity index is 650. The van der Waals surface area contributed by atoms with Crippen molar-refractivity contribution in [1.82, 2.24) is 4.98 Å². The molecule has 0 bridgehead atoms. The summed E-state index contributed by atoms with van der Waals surface area (Å²) in [6, 6.07) is 8.50. The highest BCUT2D eigenvalue weighted by Crippen LogP contribution is 2.38. The van der Waals surface area contributed by atoms with Crippen LogP contribution in [0.15, 0.2) is 24.3 Å². The summed E-state index contributed by atoms with van der Waals surface area (Å²) < 4.78 is 0. The number of carbonyl (C=O) groups is 1. The first-order valence-corrected chi connectivity index (χ1v) is 8.37. The van der Waals surface area contributed by atoms with Gasteiger partial charge < -0.3 is 4.90 Å². The summed E-state index contributed by atoms with van der Waals surface area (Å²) in [6.07, 6.45) is 4.21. The molecule has 1 aliphatic rings. The lowest BCUT2D eigenvalue weighted by molar-refractivity contribution is 0.112. The molecular formula is C17H20N2OS. The Kier molecular flexibility index (Phi) is 4.06. The molecule has 0 radical (unpaired) electrons. The molecule has 21 heavy (non-hydrogen) atoms. The highest BCUT2D eigenvalue weighted by atomic mass is 32.1. The monoisotopic (exact) mass is 300 g/mol. The van der Waals surface area contributed by atoms with Gasteiger partial charge in [-0.25, -0.2) is 4.98 Å². The minimum Gasteiger partial charge on any atom is -0.318 e. The van der Waals surface area contributed by atoms with Gasteiger partial charge in [-0.15, -0.1) is 0 Å². The Morgan fingerprint density at radius 2 is 2.24 bits per heavy atom. The molecule has 3 rings (SSSR count). The molecule has 0 aliphatic carbocycles. The van der Waals surface area contributed by atoms with Gasteiger partial charge in [0.05, 0.1) is 10.6 Å².